The molecule has 0 spiro atoms. The first-order valence-electron chi connectivity index (χ1n) is 8.68. The highest BCUT2D eigenvalue weighted by atomic mass is 30.4. The molecule has 1 rings (SSSR count). The normalized spacial score (nSPS) is 13.2. The molecule has 0 aliphatic heterocycles. The molecule has 16 radical (unpaired) electrons. The lowest BCUT2D eigenvalue weighted by molar-refractivity contribution is 0.389. The standard InChI is InChI=1S/C17H18O5Si9/c1-7-20-28(21-8-2)29(31(25,26)27,30(23,24)22-9-3)11-10-15-12-14(4)16(18-5)13-17(15)19-6/h1-3,12-13H,10-11H2,4-6H3. The first-order valence-corrected chi connectivity index (χ1v) is 26.6. The Morgan fingerprint density at radius 3 is 1.87 bits per heavy atom. The Hall–Kier alpha value is -1.15. The van der Waals surface area contributed by atoms with Crippen molar-refractivity contribution in [3.8, 4) is 49.1 Å². The monoisotopic (exact) mass is 554 g/mol. The fraction of sp³-hybridized carbons (Fsp3) is 0.294. The fourth-order valence-corrected chi connectivity index (χ4v) is 93.4. The maximum atomic E-state index is 5.77. The fourth-order valence-electron chi connectivity index (χ4n) is 3.16. The molecular weight excluding hydrogens is 537 g/mol. The summed E-state index contributed by atoms with van der Waals surface area (Å²) in [6.45, 7) is -3.94. The van der Waals surface area contributed by atoms with Gasteiger partial charge in [-0.1, -0.05) is 25.3 Å². The van der Waals surface area contributed by atoms with Gasteiger partial charge in [0.2, 0.25) is 6.87 Å². The molecule has 1 unspecified atom stereocenters. The van der Waals surface area contributed by atoms with E-state index in [0.29, 0.717) is 18.2 Å². The van der Waals surface area contributed by atoms with Gasteiger partial charge in [0, 0.05) is 41.5 Å². The van der Waals surface area contributed by atoms with E-state index >= 15 is 0 Å². The molecule has 0 fully saturated rings. The highest BCUT2D eigenvalue weighted by Crippen LogP contribution is 2.34. The van der Waals surface area contributed by atoms with Crippen LogP contribution in [0.3, 0.4) is 0 Å². The molecule has 0 heterocycles. The van der Waals surface area contributed by atoms with Crippen LogP contribution in [0.5, 0.6) is 11.5 Å². The molecule has 0 N–H and O–H groups in total. The summed E-state index contributed by atoms with van der Waals surface area (Å²) in [5, 5.41) is 0. The summed E-state index contributed by atoms with van der Waals surface area (Å²) < 4.78 is 28.1. The van der Waals surface area contributed by atoms with Crippen molar-refractivity contribution in [2.75, 3.05) is 14.2 Å². The maximum Gasteiger partial charge on any atom is 0.512 e. The second kappa shape index (κ2) is 11.6. The molecule has 0 amide bonds. The Labute approximate surface area is 205 Å². The molecule has 5 nitrogen and oxygen atoms in total. The van der Waals surface area contributed by atoms with Gasteiger partial charge in [-0.2, -0.15) is 0 Å². The van der Waals surface area contributed by atoms with E-state index in [4.69, 9.17) is 42.0 Å². The van der Waals surface area contributed by atoms with Gasteiger partial charge in [0.25, 0.3) is 0 Å². The Bertz CT molecular complexity index is 881. The number of ether oxygens (including phenoxy) is 2. The molecule has 1 aromatic rings. The predicted octanol–water partition coefficient (Wildman–Crippen LogP) is -0.731. The SMILES string of the molecule is C#CO[Si](OC#C)[Si](CCc1cc(C)c(OC)cc1OC)([Si]([Si])([Si])[Si])[Si]([Si])([Si])OC#C. The summed E-state index contributed by atoms with van der Waals surface area (Å²) in [7, 11) is 20.3. The van der Waals surface area contributed by atoms with Crippen molar-refractivity contribution in [2.45, 2.75) is 19.4 Å². The molecule has 0 saturated heterocycles. The van der Waals surface area contributed by atoms with Crippen LogP contribution in [-0.2, 0) is 19.7 Å². The van der Waals surface area contributed by atoms with E-state index in [9.17, 15) is 0 Å². The Morgan fingerprint density at radius 2 is 1.45 bits per heavy atom. The number of methoxy groups -OCH3 is 2. The minimum atomic E-state index is -3.00. The zero-order valence-electron chi connectivity index (χ0n) is 17.3. The third kappa shape index (κ3) is 6.01. The van der Waals surface area contributed by atoms with Gasteiger partial charge >= 0.3 is 8.80 Å². The first-order chi connectivity index (χ1) is 14.4. The van der Waals surface area contributed by atoms with Crippen LogP contribution in [0.1, 0.15) is 11.1 Å². The average molecular weight is 555 g/mol. The van der Waals surface area contributed by atoms with Crippen molar-refractivity contribution in [1.29, 1.82) is 0 Å². The van der Waals surface area contributed by atoms with Crippen molar-refractivity contribution >= 4 is 77.2 Å². The van der Waals surface area contributed by atoms with E-state index in [1.165, 1.54) is 0 Å². The van der Waals surface area contributed by atoms with Crippen LogP contribution in [-0.4, -0.2) is 91.5 Å². The van der Waals surface area contributed by atoms with Gasteiger partial charge in [0.05, 0.1) is 52.1 Å². The smallest absolute Gasteiger partial charge is 0.512 e. The highest BCUT2D eigenvalue weighted by molar-refractivity contribution is 8.11. The lowest BCUT2D eigenvalue weighted by Crippen LogP contribution is -2.88. The number of hydrogen-bond donors (Lipinski definition) is 0. The lowest BCUT2D eigenvalue weighted by atomic mass is 10.1. The van der Waals surface area contributed by atoms with Gasteiger partial charge in [-0.3, -0.25) is 0 Å². The summed E-state index contributed by atoms with van der Waals surface area (Å²) in [5.41, 5.74) is 1.96. The third-order valence-electron chi connectivity index (χ3n) is 4.67. The Morgan fingerprint density at radius 1 is 0.903 bits per heavy atom. The molecular formula is C17H18O5Si9. The summed E-state index contributed by atoms with van der Waals surface area (Å²) in [4.78, 5) is 0. The minimum absolute atomic E-state index is 0.594. The average Bonchev–Trinajstić information content (AvgIpc) is 2.67. The number of rotatable bonds is 11. The van der Waals surface area contributed by atoms with Gasteiger partial charge in [-0.15, -0.1) is 0 Å². The second-order valence-corrected chi connectivity index (χ2v) is 55.0. The van der Waals surface area contributed by atoms with Crippen LogP contribution in [0.15, 0.2) is 12.1 Å². The molecule has 1 aromatic carbocycles. The molecule has 152 valence electrons. The zero-order chi connectivity index (χ0) is 23.9. The Kier molecular flexibility index (Phi) is 10.5. The van der Waals surface area contributed by atoms with Gasteiger partial charge < -0.3 is 22.8 Å². The second-order valence-electron chi connectivity index (χ2n) is 6.42. The van der Waals surface area contributed by atoms with Crippen LogP contribution in [0, 0.1) is 44.5 Å². The van der Waals surface area contributed by atoms with Gasteiger partial charge in [-0.05, 0) is 30.5 Å². The molecule has 0 aliphatic carbocycles. The van der Waals surface area contributed by atoms with E-state index in [1.54, 1.807) is 14.2 Å². The summed E-state index contributed by atoms with van der Waals surface area (Å²) in [6, 6.07) is 4.48. The minimum Gasteiger partial charge on any atom is -0.514 e. The first kappa shape index (κ1) is 27.9. The number of benzene rings is 1. The topological polar surface area (TPSA) is 46.2 Å². The Balaban J connectivity index is 3.66. The van der Waals surface area contributed by atoms with E-state index in [2.05, 4.69) is 67.1 Å². The van der Waals surface area contributed by atoms with E-state index < -0.39 is 28.4 Å². The van der Waals surface area contributed by atoms with Crippen molar-refractivity contribution in [1.82, 2.24) is 0 Å². The van der Waals surface area contributed by atoms with E-state index in [1.807, 2.05) is 19.1 Å². The predicted molar refractivity (Wildman–Crippen MR) is 134 cm³/mol. The summed E-state index contributed by atoms with van der Waals surface area (Å²) in [6.07, 6.45) is 21.2. The molecule has 0 aliphatic rings. The van der Waals surface area contributed by atoms with Crippen LogP contribution in [0.2, 0.25) is 6.04 Å². The molecule has 31 heavy (non-hydrogen) atoms. The number of aryl methyl sites for hydroxylation is 2. The molecule has 0 bridgehead atoms. The largest absolute Gasteiger partial charge is 0.514 e. The quantitative estimate of drug-likeness (QED) is 0.267. The lowest BCUT2D eigenvalue weighted by Gasteiger charge is -2.48. The molecule has 0 saturated carbocycles. The maximum absolute atomic E-state index is 5.77. The van der Waals surface area contributed by atoms with Crippen LogP contribution < -0.4 is 9.47 Å². The summed E-state index contributed by atoms with van der Waals surface area (Å²) in [5.74, 6) is 1.44. The molecule has 0 aromatic heterocycles. The van der Waals surface area contributed by atoms with Crippen molar-refractivity contribution < 1.29 is 22.8 Å². The molecule has 1 atom stereocenters. The van der Waals surface area contributed by atoms with Gasteiger partial charge in [-0.25, -0.2) is 0 Å². The number of terminal acetylenes is 3. The van der Waals surface area contributed by atoms with E-state index in [-0.39, 0.29) is 0 Å². The van der Waals surface area contributed by atoms with Gasteiger partial charge in [0.1, 0.15) is 11.5 Å². The number of hydrogen-bond acceptors (Lipinski definition) is 5. The van der Waals surface area contributed by atoms with Crippen molar-refractivity contribution in [3.63, 3.8) is 0 Å². The van der Waals surface area contributed by atoms with E-state index in [0.717, 1.165) is 16.9 Å². The van der Waals surface area contributed by atoms with Crippen LogP contribution in [0.4, 0.5) is 0 Å². The van der Waals surface area contributed by atoms with Crippen molar-refractivity contribution in [3.05, 3.63) is 23.3 Å². The van der Waals surface area contributed by atoms with Crippen LogP contribution in [0.25, 0.3) is 0 Å². The highest BCUT2D eigenvalue weighted by Gasteiger charge is 2.69. The zero-order valence-corrected chi connectivity index (χ0v) is 26.3. The molecule has 14 heteroatoms. The van der Waals surface area contributed by atoms with Gasteiger partial charge in [0.15, 0.2) is 6.63 Å². The third-order valence-corrected chi connectivity index (χ3v) is 81.7. The van der Waals surface area contributed by atoms with Crippen molar-refractivity contribution in [2.24, 2.45) is 0 Å². The summed E-state index contributed by atoms with van der Waals surface area (Å²) >= 11 is 0. The van der Waals surface area contributed by atoms with Crippen LogP contribution >= 0.6 is 0 Å².